The molecule has 8 heteroatoms. The fourth-order valence-corrected chi connectivity index (χ4v) is 6.01. The lowest BCUT2D eigenvalue weighted by molar-refractivity contribution is -0.137. The first-order chi connectivity index (χ1) is 20.2. The van der Waals surface area contributed by atoms with E-state index in [0.29, 0.717) is 50.7 Å². The number of hydrogen-bond acceptors (Lipinski definition) is 5. The summed E-state index contributed by atoms with van der Waals surface area (Å²) in [5.74, 6) is 0.772. The number of likely N-dealkylation sites (tertiary alicyclic amines) is 1. The summed E-state index contributed by atoms with van der Waals surface area (Å²) in [6, 6.07) is 15.7. The van der Waals surface area contributed by atoms with Crippen LogP contribution in [0.4, 0.5) is 13.2 Å². The number of nitrogens with zero attached hydrogens (tertiary/aromatic N) is 3. The van der Waals surface area contributed by atoms with Gasteiger partial charge >= 0.3 is 6.18 Å². The Hall–Kier alpha value is -3.67. The third-order valence-corrected chi connectivity index (χ3v) is 8.37. The highest BCUT2D eigenvalue weighted by Gasteiger charge is 2.34. The van der Waals surface area contributed by atoms with Gasteiger partial charge in [-0.2, -0.15) is 18.4 Å². The number of ether oxygens (including phenoxy) is 1. The van der Waals surface area contributed by atoms with Gasteiger partial charge in [0, 0.05) is 30.9 Å². The molecule has 2 aliphatic rings. The van der Waals surface area contributed by atoms with Crippen LogP contribution in [0.1, 0.15) is 67.2 Å². The van der Waals surface area contributed by atoms with Crippen molar-refractivity contribution >= 4 is 0 Å². The minimum absolute atomic E-state index is 0.366. The van der Waals surface area contributed by atoms with Gasteiger partial charge in [-0.25, -0.2) is 0 Å². The van der Waals surface area contributed by atoms with Gasteiger partial charge in [-0.15, -0.1) is 0 Å². The fourth-order valence-electron chi connectivity index (χ4n) is 6.01. The van der Waals surface area contributed by atoms with Crippen molar-refractivity contribution in [2.45, 2.75) is 69.7 Å². The highest BCUT2D eigenvalue weighted by atomic mass is 19.4. The summed E-state index contributed by atoms with van der Waals surface area (Å²) in [6.45, 7) is 3.40. The Morgan fingerprint density at radius 1 is 1.07 bits per heavy atom. The second-order valence-electron chi connectivity index (χ2n) is 11.4. The topological polar surface area (TPSA) is 69.4 Å². The van der Waals surface area contributed by atoms with Crippen molar-refractivity contribution in [1.82, 2.24) is 9.88 Å². The molecule has 5 rings (SSSR count). The van der Waals surface area contributed by atoms with Gasteiger partial charge in [-0.3, -0.25) is 9.88 Å². The molecule has 42 heavy (non-hydrogen) atoms. The molecule has 0 saturated carbocycles. The number of halogens is 3. The lowest BCUT2D eigenvalue weighted by Gasteiger charge is -2.27. The molecule has 2 aromatic carbocycles. The minimum atomic E-state index is -4.58. The van der Waals surface area contributed by atoms with E-state index >= 15 is 0 Å². The van der Waals surface area contributed by atoms with Crippen LogP contribution < -0.4 is 4.74 Å². The minimum Gasteiger partial charge on any atom is -0.493 e. The molecular weight excluding hydrogens is 539 g/mol. The zero-order chi connectivity index (χ0) is 29.6. The van der Waals surface area contributed by atoms with Gasteiger partial charge in [0.15, 0.2) is 0 Å². The number of nitriles is 1. The Bertz CT molecular complexity index is 1440. The van der Waals surface area contributed by atoms with Crippen LogP contribution in [0.2, 0.25) is 0 Å². The standard InChI is InChI=1S/C34H36F3N3O2/c35-34(36,37)32-20-26(7-8-27(32)22-38)19-25-5-3-12-33(41,13-11-25)14-18-42-30-9-10-31(28-6-4-15-39-23-28)29(21-30)24-40-16-1-2-17-40/h4-10,15,20-21,23,41H,1-3,11-14,16-19,24H2. The van der Waals surface area contributed by atoms with Crippen molar-refractivity contribution in [2.75, 3.05) is 19.7 Å². The Labute approximate surface area is 245 Å². The summed E-state index contributed by atoms with van der Waals surface area (Å²) >= 11 is 0. The number of allylic oxidation sites excluding steroid dienone is 2. The van der Waals surface area contributed by atoms with Crippen molar-refractivity contribution in [1.29, 1.82) is 5.26 Å². The molecule has 1 fully saturated rings. The molecule has 1 unspecified atom stereocenters. The van der Waals surface area contributed by atoms with Crippen molar-refractivity contribution < 1.29 is 23.0 Å². The number of aliphatic hydroxyl groups is 1. The molecule has 3 aromatic rings. The SMILES string of the molecule is N#Cc1ccc(CC2=CCCC(O)(CCOc3ccc(-c4cccnc4)c(CN4CCCC4)c3)CC2)cc1C(F)(F)F. The fraction of sp³-hybridized carbons (Fsp3) is 0.412. The van der Waals surface area contributed by atoms with Crippen molar-refractivity contribution in [3.05, 3.63) is 94.8 Å². The second-order valence-corrected chi connectivity index (χ2v) is 11.4. The van der Waals surface area contributed by atoms with Gasteiger partial charge < -0.3 is 9.84 Å². The average Bonchev–Trinajstić information content (AvgIpc) is 3.42. The first kappa shape index (κ1) is 29.8. The maximum absolute atomic E-state index is 13.4. The van der Waals surface area contributed by atoms with E-state index < -0.39 is 17.3 Å². The predicted octanol–water partition coefficient (Wildman–Crippen LogP) is 7.48. The van der Waals surface area contributed by atoms with Crippen LogP contribution in [-0.4, -0.2) is 40.3 Å². The predicted molar refractivity (Wildman–Crippen MR) is 156 cm³/mol. The van der Waals surface area contributed by atoms with E-state index in [-0.39, 0.29) is 5.56 Å². The highest BCUT2D eigenvalue weighted by molar-refractivity contribution is 5.67. The normalized spacial score (nSPS) is 19.6. The molecule has 5 nitrogen and oxygen atoms in total. The zero-order valence-electron chi connectivity index (χ0n) is 23.7. The molecule has 220 valence electrons. The first-order valence-electron chi connectivity index (χ1n) is 14.6. The highest BCUT2D eigenvalue weighted by Crippen LogP contribution is 2.35. The molecule has 0 spiro atoms. The van der Waals surface area contributed by atoms with E-state index in [1.807, 2.05) is 24.4 Å². The van der Waals surface area contributed by atoms with Crippen LogP contribution in [0.25, 0.3) is 11.1 Å². The van der Waals surface area contributed by atoms with Gasteiger partial charge in [-0.05, 0) is 105 Å². The summed E-state index contributed by atoms with van der Waals surface area (Å²) in [4.78, 5) is 6.75. The summed E-state index contributed by atoms with van der Waals surface area (Å²) in [6.07, 6.45) is 6.71. The summed E-state index contributed by atoms with van der Waals surface area (Å²) in [5, 5.41) is 20.4. The van der Waals surface area contributed by atoms with Gasteiger partial charge in [0.1, 0.15) is 5.75 Å². The number of alkyl halides is 3. The van der Waals surface area contributed by atoms with Crippen LogP contribution in [0.3, 0.4) is 0 Å². The third kappa shape index (κ3) is 7.58. The maximum atomic E-state index is 13.4. The number of benzene rings is 2. The summed E-state index contributed by atoms with van der Waals surface area (Å²) < 4.78 is 46.3. The van der Waals surface area contributed by atoms with Crippen molar-refractivity contribution in [3.63, 3.8) is 0 Å². The molecule has 1 saturated heterocycles. The van der Waals surface area contributed by atoms with E-state index in [9.17, 15) is 18.3 Å². The van der Waals surface area contributed by atoms with Crippen LogP contribution in [0.5, 0.6) is 5.75 Å². The monoisotopic (exact) mass is 575 g/mol. The Morgan fingerprint density at radius 3 is 2.64 bits per heavy atom. The van der Waals surface area contributed by atoms with Crippen molar-refractivity contribution in [2.24, 2.45) is 0 Å². The van der Waals surface area contributed by atoms with Crippen LogP contribution in [0, 0.1) is 11.3 Å². The molecule has 0 amide bonds. The lowest BCUT2D eigenvalue weighted by atomic mass is 9.89. The lowest BCUT2D eigenvalue weighted by Crippen LogP contribution is -2.30. The molecule has 0 radical (unpaired) electrons. The smallest absolute Gasteiger partial charge is 0.417 e. The molecule has 1 N–H and O–H groups in total. The number of rotatable bonds is 9. The molecule has 0 bridgehead atoms. The second kappa shape index (κ2) is 13.1. The average molecular weight is 576 g/mol. The quantitative estimate of drug-likeness (QED) is 0.268. The third-order valence-electron chi connectivity index (χ3n) is 8.37. The number of hydrogen-bond donors (Lipinski definition) is 1. The Balaban J connectivity index is 1.19. The molecule has 1 aliphatic heterocycles. The number of aromatic nitrogens is 1. The molecule has 1 aliphatic carbocycles. The van der Waals surface area contributed by atoms with E-state index in [1.165, 1.54) is 24.5 Å². The number of pyridine rings is 1. The van der Waals surface area contributed by atoms with Crippen LogP contribution in [-0.2, 0) is 19.1 Å². The van der Waals surface area contributed by atoms with E-state index in [0.717, 1.165) is 48.2 Å². The van der Waals surface area contributed by atoms with Gasteiger partial charge in [0.25, 0.3) is 0 Å². The molecule has 2 heterocycles. The van der Waals surface area contributed by atoms with E-state index in [1.54, 1.807) is 18.3 Å². The molecular formula is C34H36F3N3O2. The van der Waals surface area contributed by atoms with Gasteiger partial charge in [-0.1, -0.05) is 29.8 Å². The zero-order valence-corrected chi connectivity index (χ0v) is 23.7. The Kier molecular flexibility index (Phi) is 9.30. The molecule has 1 atom stereocenters. The molecule has 1 aromatic heterocycles. The van der Waals surface area contributed by atoms with Gasteiger partial charge in [0.05, 0.1) is 29.4 Å². The van der Waals surface area contributed by atoms with Gasteiger partial charge in [0.2, 0.25) is 0 Å². The first-order valence-corrected chi connectivity index (χ1v) is 14.6. The summed E-state index contributed by atoms with van der Waals surface area (Å²) in [5.41, 5.74) is 2.75. The maximum Gasteiger partial charge on any atom is 0.417 e. The van der Waals surface area contributed by atoms with Crippen molar-refractivity contribution in [3.8, 4) is 22.9 Å². The van der Waals surface area contributed by atoms with Crippen LogP contribution in [0.15, 0.2) is 72.6 Å². The van der Waals surface area contributed by atoms with Crippen LogP contribution >= 0.6 is 0 Å². The Morgan fingerprint density at radius 2 is 1.90 bits per heavy atom. The van der Waals surface area contributed by atoms with E-state index in [2.05, 4.69) is 28.1 Å². The summed E-state index contributed by atoms with van der Waals surface area (Å²) in [7, 11) is 0. The largest absolute Gasteiger partial charge is 0.493 e. The van der Waals surface area contributed by atoms with E-state index in [4.69, 9.17) is 10.00 Å².